The molecule has 0 saturated heterocycles. The fraction of sp³-hybridized carbons (Fsp3) is 0.667. The van der Waals surface area contributed by atoms with Gasteiger partial charge >= 0.3 is 0 Å². The van der Waals surface area contributed by atoms with E-state index in [-0.39, 0.29) is 0 Å². The molecule has 3 rings (SSSR count). The molecule has 1 aromatic rings. The summed E-state index contributed by atoms with van der Waals surface area (Å²) in [5.41, 5.74) is 1.33. The number of hydrogen-bond acceptors (Lipinski definition) is 2. The van der Waals surface area contributed by atoms with Gasteiger partial charge in [-0.2, -0.15) is 0 Å². The van der Waals surface area contributed by atoms with Gasteiger partial charge in [0.05, 0.1) is 12.2 Å². The summed E-state index contributed by atoms with van der Waals surface area (Å²) in [7, 11) is 0. The molecule has 1 aromatic heterocycles. The minimum absolute atomic E-state index is 0.795. The monoisotopic (exact) mass is 163 g/mol. The van der Waals surface area contributed by atoms with E-state index >= 15 is 0 Å². The Kier molecular flexibility index (Phi) is 1.29. The smallest absolute Gasteiger partial charge is 0.123 e. The molecular weight excluding hydrogens is 150 g/mol. The van der Waals surface area contributed by atoms with E-state index in [1.54, 1.807) is 0 Å². The predicted octanol–water partition coefficient (Wildman–Crippen LogP) is 0.864. The van der Waals surface area contributed by atoms with Gasteiger partial charge in [-0.15, -0.1) is 0 Å². The largest absolute Gasteiger partial charge is 0.332 e. The Bertz CT molecular complexity index is 275. The molecule has 1 aliphatic heterocycles. The first kappa shape index (κ1) is 6.66. The minimum Gasteiger partial charge on any atom is -0.332 e. The lowest BCUT2D eigenvalue weighted by Gasteiger charge is -2.13. The summed E-state index contributed by atoms with van der Waals surface area (Å²) in [6, 6.07) is 0. The summed E-state index contributed by atoms with van der Waals surface area (Å²) in [6.45, 7) is 3.13. The maximum Gasteiger partial charge on any atom is 0.123 e. The molecule has 1 saturated carbocycles. The van der Waals surface area contributed by atoms with E-state index in [1.807, 2.05) is 0 Å². The van der Waals surface area contributed by atoms with Crippen LogP contribution in [0.25, 0.3) is 0 Å². The van der Waals surface area contributed by atoms with Crippen molar-refractivity contribution in [3.8, 4) is 0 Å². The fourth-order valence-electron chi connectivity index (χ4n) is 1.79. The van der Waals surface area contributed by atoms with E-state index in [9.17, 15) is 0 Å². The van der Waals surface area contributed by atoms with E-state index < -0.39 is 0 Å². The summed E-state index contributed by atoms with van der Waals surface area (Å²) in [4.78, 5) is 4.61. The summed E-state index contributed by atoms with van der Waals surface area (Å²) in [6.07, 6.45) is 4.95. The van der Waals surface area contributed by atoms with Crippen molar-refractivity contribution < 1.29 is 0 Å². The molecule has 0 spiro atoms. The standard InChI is InChI=1S/C9H13N3/c1-2-7(1)8-6-12-4-3-10-5-9(12)11-8/h6-7,10H,1-5H2. The van der Waals surface area contributed by atoms with Gasteiger partial charge in [0.25, 0.3) is 0 Å². The molecule has 2 heterocycles. The molecule has 0 unspecified atom stereocenters. The van der Waals surface area contributed by atoms with Crippen LogP contribution in [0.4, 0.5) is 0 Å². The van der Waals surface area contributed by atoms with Crippen molar-refractivity contribution in [3.05, 3.63) is 17.7 Å². The molecule has 0 radical (unpaired) electrons. The van der Waals surface area contributed by atoms with Gasteiger partial charge in [-0.25, -0.2) is 4.98 Å². The van der Waals surface area contributed by atoms with Crippen LogP contribution in [-0.4, -0.2) is 16.1 Å². The van der Waals surface area contributed by atoms with Crippen molar-refractivity contribution in [2.24, 2.45) is 0 Å². The van der Waals surface area contributed by atoms with Crippen LogP contribution in [0.2, 0.25) is 0 Å². The summed E-state index contributed by atoms with van der Waals surface area (Å²) in [5.74, 6) is 2.02. The molecule has 12 heavy (non-hydrogen) atoms. The third-order valence-corrected chi connectivity index (χ3v) is 2.69. The first-order valence-corrected chi connectivity index (χ1v) is 4.70. The summed E-state index contributed by atoms with van der Waals surface area (Å²) < 4.78 is 2.30. The van der Waals surface area contributed by atoms with Crippen molar-refractivity contribution in [2.75, 3.05) is 6.54 Å². The Morgan fingerprint density at radius 2 is 2.42 bits per heavy atom. The maximum absolute atomic E-state index is 4.61. The SMILES string of the molecule is c1c(C2CC2)nc2n1CCNC2. The van der Waals surface area contributed by atoms with E-state index in [0.717, 1.165) is 25.6 Å². The lowest BCUT2D eigenvalue weighted by atomic mass is 10.3. The molecule has 1 fully saturated rings. The number of aromatic nitrogens is 2. The number of nitrogens with zero attached hydrogens (tertiary/aromatic N) is 2. The van der Waals surface area contributed by atoms with Crippen LogP contribution in [0.15, 0.2) is 6.20 Å². The molecule has 64 valence electrons. The van der Waals surface area contributed by atoms with Gasteiger partial charge in [0, 0.05) is 25.2 Å². The predicted molar refractivity (Wildman–Crippen MR) is 45.9 cm³/mol. The number of imidazole rings is 1. The molecule has 0 aromatic carbocycles. The topological polar surface area (TPSA) is 29.9 Å². The lowest BCUT2D eigenvalue weighted by Crippen LogP contribution is -2.27. The second-order valence-electron chi connectivity index (χ2n) is 3.73. The van der Waals surface area contributed by atoms with Crippen LogP contribution >= 0.6 is 0 Å². The molecule has 2 aliphatic rings. The van der Waals surface area contributed by atoms with Gasteiger partial charge < -0.3 is 9.88 Å². The van der Waals surface area contributed by atoms with Gasteiger partial charge in [-0.1, -0.05) is 0 Å². The number of fused-ring (bicyclic) bond motifs is 1. The zero-order valence-electron chi connectivity index (χ0n) is 7.08. The highest BCUT2D eigenvalue weighted by molar-refractivity contribution is 5.15. The number of rotatable bonds is 1. The third kappa shape index (κ3) is 0.966. The molecular formula is C9H13N3. The number of hydrogen-bond donors (Lipinski definition) is 1. The Hall–Kier alpha value is -0.830. The molecule has 0 atom stereocenters. The Balaban J connectivity index is 1.97. The molecule has 3 nitrogen and oxygen atoms in total. The van der Waals surface area contributed by atoms with Gasteiger partial charge in [0.1, 0.15) is 5.82 Å². The first-order chi connectivity index (χ1) is 5.93. The van der Waals surface area contributed by atoms with Crippen molar-refractivity contribution in [3.63, 3.8) is 0 Å². The van der Waals surface area contributed by atoms with Crippen LogP contribution in [0.3, 0.4) is 0 Å². The first-order valence-electron chi connectivity index (χ1n) is 4.70. The van der Waals surface area contributed by atoms with E-state index in [4.69, 9.17) is 0 Å². The van der Waals surface area contributed by atoms with Crippen molar-refractivity contribution in [2.45, 2.75) is 31.8 Å². The van der Waals surface area contributed by atoms with Crippen LogP contribution in [-0.2, 0) is 13.1 Å². The lowest BCUT2D eigenvalue weighted by molar-refractivity contribution is 0.505. The van der Waals surface area contributed by atoms with Gasteiger partial charge in [-0.05, 0) is 12.8 Å². The van der Waals surface area contributed by atoms with Crippen molar-refractivity contribution >= 4 is 0 Å². The summed E-state index contributed by atoms with van der Waals surface area (Å²) in [5, 5.41) is 3.33. The minimum atomic E-state index is 0.795. The highest BCUT2D eigenvalue weighted by Crippen LogP contribution is 2.39. The number of nitrogens with one attached hydrogen (secondary N) is 1. The quantitative estimate of drug-likeness (QED) is 0.665. The molecule has 1 N–H and O–H groups in total. The van der Waals surface area contributed by atoms with Crippen LogP contribution in [0.1, 0.15) is 30.3 Å². The highest BCUT2D eigenvalue weighted by Gasteiger charge is 2.27. The Labute approximate surface area is 71.8 Å². The van der Waals surface area contributed by atoms with Crippen molar-refractivity contribution in [1.29, 1.82) is 0 Å². The average Bonchev–Trinajstić information content (AvgIpc) is 2.85. The van der Waals surface area contributed by atoms with Gasteiger partial charge in [-0.3, -0.25) is 0 Å². The zero-order chi connectivity index (χ0) is 7.97. The van der Waals surface area contributed by atoms with E-state index in [0.29, 0.717) is 0 Å². The Morgan fingerprint density at radius 1 is 1.50 bits per heavy atom. The summed E-state index contributed by atoms with van der Waals surface area (Å²) >= 11 is 0. The second kappa shape index (κ2) is 2.33. The second-order valence-corrected chi connectivity index (χ2v) is 3.73. The Morgan fingerprint density at radius 3 is 3.17 bits per heavy atom. The van der Waals surface area contributed by atoms with Crippen LogP contribution < -0.4 is 5.32 Å². The highest BCUT2D eigenvalue weighted by atomic mass is 15.1. The molecule has 0 bridgehead atoms. The van der Waals surface area contributed by atoms with E-state index in [1.165, 1.54) is 24.4 Å². The molecule has 3 heteroatoms. The zero-order valence-corrected chi connectivity index (χ0v) is 7.08. The van der Waals surface area contributed by atoms with Crippen LogP contribution in [0.5, 0.6) is 0 Å². The third-order valence-electron chi connectivity index (χ3n) is 2.69. The normalized spacial score (nSPS) is 22.3. The molecule has 1 aliphatic carbocycles. The molecule has 0 amide bonds. The van der Waals surface area contributed by atoms with Crippen LogP contribution in [0, 0.1) is 0 Å². The average molecular weight is 163 g/mol. The van der Waals surface area contributed by atoms with Crippen molar-refractivity contribution in [1.82, 2.24) is 14.9 Å². The van der Waals surface area contributed by atoms with Gasteiger partial charge in [0.2, 0.25) is 0 Å². The maximum atomic E-state index is 4.61. The van der Waals surface area contributed by atoms with E-state index in [2.05, 4.69) is 21.1 Å². The fourth-order valence-corrected chi connectivity index (χ4v) is 1.79. The van der Waals surface area contributed by atoms with Gasteiger partial charge in [0.15, 0.2) is 0 Å².